The Morgan fingerprint density at radius 3 is 2.95 bits per heavy atom. The lowest BCUT2D eigenvalue weighted by molar-refractivity contribution is 1.04. The molecule has 0 aliphatic rings. The third-order valence-corrected chi connectivity index (χ3v) is 4.39. The molecule has 0 bridgehead atoms. The van der Waals surface area contributed by atoms with Gasteiger partial charge in [-0.1, -0.05) is 0 Å². The molecule has 4 nitrogen and oxygen atoms in total. The van der Waals surface area contributed by atoms with Crippen molar-refractivity contribution in [3.8, 4) is 0 Å². The molecule has 3 N–H and O–H groups in total. The second kappa shape index (κ2) is 4.86. The van der Waals surface area contributed by atoms with Gasteiger partial charge in [-0.15, -0.1) is 0 Å². The monoisotopic (exact) mass is 334 g/mol. The summed E-state index contributed by atoms with van der Waals surface area (Å²) >= 11 is 5.00. The Morgan fingerprint density at radius 2 is 2.16 bits per heavy atom. The van der Waals surface area contributed by atoms with Gasteiger partial charge >= 0.3 is 0 Å². The number of nitrogens with one attached hydrogen (secondary N) is 1. The van der Waals surface area contributed by atoms with Gasteiger partial charge in [0, 0.05) is 11.9 Å². The summed E-state index contributed by atoms with van der Waals surface area (Å²) in [7, 11) is 0. The Hall–Kier alpha value is -1.53. The molecular formula is C13H11BrN4S. The number of hydrogen-bond acceptors (Lipinski definition) is 4. The predicted octanol–water partition coefficient (Wildman–Crippen LogP) is 3.76. The fraction of sp³-hybridized carbons (Fsp3) is 0.0769. The van der Waals surface area contributed by atoms with Gasteiger partial charge in [0.25, 0.3) is 0 Å². The molecule has 2 aromatic heterocycles. The van der Waals surface area contributed by atoms with Crippen molar-refractivity contribution in [3.63, 3.8) is 0 Å². The minimum atomic E-state index is 0.724. The van der Waals surface area contributed by atoms with Gasteiger partial charge in [0.15, 0.2) is 5.16 Å². The number of rotatable bonds is 2. The maximum atomic E-state index is 5.75. The van der Waals surface area contributed by atoms with Crippen molar-refractivity contribution < 1.29 is 0 Å². The van der Waals surface area contributed by atoms with E-state index in [-0.39, 0.29) is 0 Å². The Balaban J connectivity index is 1.96. The Morgan fingerprint density at radius 1 is 1.32 bits per heavy atom. The third-order valence-electron chi connectivity index (χ3n) is 2.62. The molecule has 3 rings (SSSR count). The van der Waals surface area contributed by atoms with Crippen molar-refractivity contribution in [3.05, 3.63) is 40.5 Å². The molecule has 2 heterocycles. The van der Waals surface area contributed by atoms with Crippen LogP contribution in [0, 0.1) is 6.92 Å². The van der Waals surface area contributed by atoms with Crippen LogP contribution >= 0.6 is 27.7 Å². The van der Waals surface area contributed by atoms with E-state index in [4.69, 9.17) is 5.73 Å². The summed E-state index contributed by atoms with van der Waals surface area (Å²) in [6.07, 6.45) is 1.84. The molecule has 0 aliphatic carbocycles. The Labute approximate surface area is 123 Å². The minimum absolute atomic E-state index is 0.724. The number of halogens is 1. The van der Waals surface area contributed by atoms with Gasteiger partial charge in [0.1, 0.15) is 5.03 Å². The van der Waals surface area contributed by atoms with E-state index in [9.17, 15) is 0 Å². The van der Waals surface area contributed by atoms with Gasteiger partial charge in [-0.05, 0) is 64.4 Å². The van der Waals surface area contributed by atoms with Crippen molar-refractivity contribution in [2.75, 3.05) is 5.73 Å². The number of hydrogen-bond donors (Lipinski definition) is 2. The standard InChI is InChI=1S/C13H11BrN4S/c1-7-4-9(14)12(16-6-7)19-13-17-10-3-2-8(15)5-11(10)18-13/h2-6H,15H2,1H3,(H,17,18). The summed E-state index contributed by atoms with van der Waals surface area (Å²) in [6.45, 7) is 2.01. The van der Waals surface area contributed by atoms with Crippen LogP contribution in [0.25, 0.3) is 11.0 Å². The zero-order chi connectivity index (χ0) is 13.4. The number of H-pyrrole nitrogens is 1. The quantitative estimate of drug-likeness (QED) is 0.700. The lowest BCUT2D eigenvalue weighted by Crippen LogP contribution is -1.85. The minimum Gasteiger partial charge on any atom is -0.399 e. The van der Waals surface area contributed by atoms with Crippen LogP contribution in [0.5, 0.6) is 0 Å². The molecule has 6 heteroatoms. The van der Waals surface area contributed by atoms with E-state index in [1.54, 1.807) is 0 Å². The van der Waals surface area contributed by atoms with Gasteiger partial charge in [-0.3, -0.25) is 0 Å². The number of pyridine rings is 1. The predicted molar refractivity (Wildman–Crippen MR) is 81.3 cm³/mol. The molecule has 1 aromatic carbocycles. The number of nitrogens with zero attached hydrogens (tertiary/aromatic N) is 2. The van der Waals surface area contributed by atoms with Crippen LogP contribution in [0.15, 0.2) is 45.1 Å². The topological polar surface area (TPSA) is 67.6 Å². The lowest BCUT2D eigenvalue weighted by Gasteiger charge is -2.01. The first-order chi connectivity index (χ1) is 9.11. The molecule has 0 saturated heterocycles. The fourth-order valence-corrected chi connectivity index (χ4v) is 3.20. The number of nitrogen functional groups attached to an aromatic ring is 1. The molecule has 0 aliphatic heterocycles. The maximum Gasteiger partial charge on any atom is 0.172 e. The van der Waals surface area contributed by atoms with Crippen molar-refractivity contribution >= 4 is 44.4 Å². The summed E-state index contributed by atoms with van der Waals surface area (Å²) in [5, 5.41) is 1.69. The van der Waals surface area contributed by atoms with Gasteiger partial charge in [0.05, 0.1) is 15.5 Å². The molecule has 0 unspecified atom stereocenters. The van der Waals surface area contributed by atoms with Crippen molar-refractivity contribution in [2.45, 2.75) is 17.1 Å². The molecular weight excluding hydrogens is 324 g/mol. The summed E-state index contributed by atoms with van der Waals surface area (Å²) in [6, 6.07) is 7.67. The molecule has 96 valence electrons. The highest BCUT2D eigenvalue weighted by atomic mass is 79.9. The fourth-order valence-electron chi connectivity index (χ4n) is 1.74. The van der Waals surface area contributed by atoms with Crippen molar-refractivity contribution in [1.29, 1.82) is 0 Å². The SMILES string of the molecule is Cc1cnc(Sc2nc3ccc(N)cc3[nH]2)c(Br)c1. The third kappa shape index (κ3) is 2.59. The molecule has 0 atom stereocenters. The van der Waals surface area contributed by atoms with Crippen LogP contribution in [0.3, 0.4) is 0 Å². The summed E-state index contributed by atoms with van der Waals surface area (Å²) in [5.74, 6) is 0. The first-order valence-electron chi connectivity index (χ1n) is 5.67. The number of benzene rings is 1. The normalized spacial score (nSPS) is 11.1. The van der Waals surface area contributed by atoms with Crippen LogP contribution < -0.4 is 5.73 Å². The number of imidazole rings is 1. The van der Waals surface area contributed by atoms with Crippen LogP contribution in [-0.4, -0.2) is 15.0 Å². The van der Waals surface area contributed by atoms with E-state index in [0.717, 1.165) is 36.9 Å². The van der Waals surface area contributed by atoms with E-state index in [1.807, 2.05) is 37.4 Å². The number of aromatic nitrogens is 3. The first kappa shape index (κ1) is 12.5. The van der Waals surface area contributed by atoms with Crippen LogP contribution in [0.4, 0.5) is 5.69 Å². The average molecular weight is 335 g/mol. The zero-order valence-corrected chi connectivity index (χ0v) is 12.5. The first-order valence-corrected chi connectivity index (χ1v) is 7.28. The molecule has 0 radical (unpaired) electrons. The molecule has 19 heavy (non-hydrogen) atoms. The lowest BCUT2D eigenvalue weighted by atomic mass is 10.3. The molecule has 0 saturated carbocycles. The van der Waals surface area contributed by atoms with Crippen molar-refractivity contribution in [1.82, 2.24) is 15.0 Å². The van der Waals surface area contributed by atoms with Gasteiger partial charge in [0.2, 0.25) is 0 Å². The largest absolute Gasteiger partial charge is 0.399 e. The van der Waals surface area contributed by atoms with E-state index in [0.29, 0.717) is 0 Å². The summed E-state index contributed by atoms with van der Waals surface area (Å²) in [5.41, 5.74) is 9.43. The van der Waals surface area contributed by atoms with Gasteiger partial charge < -0.3 is 10.7 Å². The maximum absolute atomic E-state index is 5.75. The summed E-state index contributed by atoms with van der Waals surface area (Å²) in [4.78, 5) is 12.1. The van der Waals surface area contributed by atoms with Crippen molar-refractivity contribution in [2.24, 2.45) is 0 Å². The molecule has 0 amide bonds. The van der Waals surface area contributed by atoms with E-state index in [1.165, 1.54) is 11.8 Å². The Bertz CT molecular complexity index is 753. The average Bonchev–Trinajstić information content (AvgIpc) is 2.74. The number of anilines is 1. The second-order valence-corrected chi connectivity index (χ2v) is 6.05. The highest BCUT2D eigenvalue weighted by Crippen LogP contribution is 2.31. The van der Waals surface area contributed by atoms with Crippen LogP contribution in [0.2, 0.25) is 0 Å². The van der Waals surface area contributed by atoms with Gasteiger partial charge in [-0.25, -0.2) is 9.97 Å². The number of aryl methyl sites for hydroxylation is 1. The van der Waals surface area contributed by atoms with Crippen LogP contribution in [0.1, 0.15) is 5.56 Å². The number of aromatic amines is 1. The van der Waals surface area contributed by atoms with E-state index >= 15 is 0 Å². The highest BCUT2D eigenvalue weighted by Gasteiger charge is 2.08. The zero-order valence-electron chi connectivity index (χ0n) is 10.1. The van der Waals surface area contributed by atoms with Crippen LogP contribution in [-0.2, 0) is 0 Å². The molecule has 0 fully saturated rings. The summed E-state index contributed by atoms with van der Waals surface area (Å²) < 4.78 is 0.970. The van der Waals surface area contributed by atoms with E-state index in [2.05, 4.69) is 30.9 Å². The molecule has 0 spiro atoms. The van der Waals surface area contributed by atoms with E-state index < -0.39 is 0 Å². The second-order valence-electron chi connectivity index (χ2n) is 4.22. The smallest absolute Gasteiger partial charge is 0.172 e. The van der Waals surface area contributed by atoms with Gasteiger partial charge in [-0.2, -0.15) is 0 Å². The number of fused-ring (bicyclic) bond motifs is 1. The molecule has 3 aromatic rings. The Kier molecular flexibility index (Phi) is 3.20. The number of nitrogens with two attached hydrogens (primary N) is 1. The highest BCUT2D eigenvalue weighted by molar-refractivity contribution is 9.10.